The molecule has 0 saturated heterocycles. The van der Waals surface area contributed by atoms with Crippen LogP contribution in [0.1, 0.15) is 25.3 Å². The van der Waals surface area contributed by atoms with Gasteiger partial charge in [0.15, 0.2) is 0 Å². The van der Waals surface area contributed by atoms with E-state index in [0.717, 1.165) is 11.3 Å². The molecular weight excluding hydrogens is 230 g/mol. The van der Waals surface area contributed by atoms with E-state index in [0.29, 0.717) is 19.4 Å². The van der Waals surface area contributed by atoms with Crippen LogP contribution in [0.4, 0.5) is 0 Å². The Morgan fingerprint density at radius 2 is 2.28 bits per heavy atom. The maximum Gasteiger partial charge on any atom is 0.220 e. The van der Waals surface area contributed by atoms with Crippen LogP contribution in [-0.2, 0) is 4.79 Å². The third-order valence-electron chi connectivity index (χ3n) is 2.49. The highest BCUT2D eigenvalue weighted by Crippen LogP contribution is 2.12. The van der Waals surface area contributed by atoms with Crippen molar-refractivity contribution in [3.63, 3.8) is 0 Å². The van der Waals surface area contributed by atoms with Gasteiger partial charge in [0.1, 0.15) is 5.75 Å². The Balaban J connectivity index is 2.17. The van der Waals surface area contributed by atoms with E-state index >= 15 is 0 Å². The maximum atomic E-state index is 11.4. The van der Waals surface area contributed by atoms with E-state index in [1.54, 1.807) is 6.92 Å². The summed E-state index contributed by atoms with van der Waals surface area (Å²) in [5.74, 6) is 0.781. The number of rotatable bonds is 7. The molecule has 0 aliphatic rings. The Hall–Kier alpha value is -1.55. The second kappa shape index (κ2) is 7.71. The average molecular weight is 251 g/mol. The van der Waals surface area contributed by atoms with E-state index in [2.05, 4.69) is 5.32 Å². The van der Waals surface area contributed by atoms with Crippen molar-refractivity contribution in [2.75, 3.05) is 13.2 Å². The van der Waals surface area contributed by atoms with Crippen molar-refractivity contribution < 1.29 is 14.6 Å². The van der Waals surface area contributed by atoms with E-state index in [1.807, 2.05) is 31.2 Å². The molecule has 1 aromatic carbocycles. The Labute approximate surface area is 108 Å². The second-order valence-electron chi connectivity index (χ2n) is 4.42. The fourth-order valence-electron chi connectivity index (χ4n) is 1.52. The zero-order valence-corrected chi connectivity index (χ0v) is 11.0. The Kier molecular flexibility index (Phi) is 6.22. The number of carbonyl (C=O) groups excluding carboxylic acids is 1. The first-order chi connectivity index (χ1) is 8.61. The van der Waals surface area contributed by atoms with Gasteiger partial charge in [-0.25, -0.2) is 0 Å². The van der Waals surface area contributed by atoms with Crippen LogP contribution in [0.5, 0.6) is 5.75 Å². The van der Waals surface area contributed by atoms with Gasteiger partial charge in [0.2, 0.25) is 5.91 Å². The maximum absolute atomic E-state index is 11.4. The number of aliphatic hydroxyl groups is 1. The van der Waals surface area contributed by atoms with Gasteiger partial charge in [-0.3, -0.25) is 4.79 Å². The monoisotopic (exact) mass is 251 g/mol. The van der Waals surface area contributed by atoms with Crippen molar-refractivity contribution in [2.24, 2.45) is 0 Å². The van der Waals surface area contributed by atoms with Crippen LogP contribution in [0, 0.1) is 6.92 Å². The molecule has 0 heterocycles. The topological polar surface area (TPSA) is 58.6 Å². The fourth-order valence-corrected chi connectivity index (χ4v) is 1.52. The highest BCUT2D eigenvalue weighted by Gasteiger charge is 2.05. The standard InChI is InChI=1S/C14H21NO3/c1-11-5-3-6-13(9-11)18-8-4-7-14(17)15-12(2)10-16/h3,5-6,9,12,16H,4,7-8,10H2,1-2H3,(H,15,17)/t12-/m0/s1. The summed E-state index contributed by atoms with van der Waals surface area (Å²) < 4.78 is 5.54. The van der Waals surface area contributed by atoms with Crippen LogP contribution < -0.4 is 10.1 Å². The summed E-state index contributed by atoms with van der Waals surface area (Å²) in [6.45, 7) is 4.26. The number of ether oxygens (including phenoxy) is 1. The summed E-state index contributed by atoms with van der Waals surface area (Å²) in [6, 6.07) is 7.64. The number of carbonyl (C=O) groups is 1. The van der Waals surface area contributed by atoms with Gasteiger partial charge < -0.3 is 15.2 Å². The molecule has 0 spiro atoms. The normalized spacial score (nSPS) is 11.9. The molecule has 2 N–H and O–H groups in total. The number of amides is 1. The molecule has 1 atom stereocenters. The molecule has 0 aromatic heterocycles. The van der Waals surface area contributed by atoms with Gasteiger partial charge >= 0.3 is 0 Å². The zero-order valence-electron chi connectivity index (χ0n) is 11.0. The van der Waals surface area contributed by atoms with Crippen LogP contribution in [0.15, 0.2) is 24.3 Å². The summed E-state index contributed by atoms with van der Waals surface area (Å²) in [6.07, 6.45) is 1.08. The summed E-state index contributed by atoms with van der Waals surface area (Å²) in [4.78, 5) is 11.4. The molecule has 4 nitrogen and oxygen atoms in total. The molecule has 1 rings (SSSR count). The van der Waals surface area contributed by atoms with Crippen molar-refractivity contribution >= 4 is 5.91 Å². The second-order valence-corrected chi connectivity index (χ2v) is 4.42. The van der Waals surface area contributed by atoms with Gasteiger partial charge in [-0.1, -0.05) is 12.1 Å². The SMILES string of the molecule is Cc1cccc(OCCCC(=O)N[C@@H](C)CO)c1. The van der Waals surface area contributed by atoms with Crippen LogP contribution in [-0.4, -0.2) is 30.3 Å². The Morgan fingerprint density at radius 3 is 2.94 bits per heavy atom. The number of aryl methyl sites for hydroxylation is 1. The van der Waals surface area contributed by atoms with Gasteiger partial charge in [0, 0.05) is 12.5 Å². The number of hydrogen-bond acceptors (Lipinski definition) is 3. The number of aliphatic hydroxyl groups excluding tert-OH is 1. The number of hydrogen-bond donors (Lipinski definition) is 2. The highest BCUT2D eigenvalue weighted by atomic mass is 16.5. The number of benzene rings is 1. The predicted octanol–water partition coefficient (Wildman–Crippen LogP) is 1.65. The summed E-state index contributed by atoms with van der Waals surface area (Å²) in [5.41, 5.74) is 1.15. The molecule has 4 heteroatoms. The molecule has 100 valence electrons. The minimum atomic E-state index is -0.185. The molecule has 0 fully saturated rings. The lowest BCUT2D eigenvalue weighted by molar-refractivity contribution is -0.122. The molecule has 0 saturated carbocycles. The van der Waals surface area contributed by atoms with E-state index in [9.17, 15) is 4.79 Å². The quantitative estimate of drug-likeness (QED) is 0.724. The average Bonchev–Trinajstić information content (AvgIpc) is 2.34. The van der Waals surface area contributed by atoms with Gasteiger partial charge in [-0.2, -0.15) is 0 Å². The number of nitrogens with one attached hydrogen (secondary N) is 1. The first-order valence-corrected chi connectivity index (χ1v) is 6.21. The Bertz CT molecular complexity index is 379. The molecule has 0 aliphatic carbocycles. The first kappa shape index (κ1) is 14.5. The lowest BCUT2D eigenvalue weighted by atomic mass is 10.2. The lowest BCUT2D eigenvalue weighted by Crippen LogP contribution is -2.34. The minimum absolute atomic E-state index is 0.0362. The summed E-state index contributed by atoms with van der Waals surface area (Å²) in [7, 11) is 0. The Morgan fingerprint density at radius 1 is 1.50 bits per heavy atom. The van der Waals surface area contributed by atoms with Gasteiger partial charge in [0.05, 0.1) is 13.2 Å². The van der Waals surface area contributed by atoms with Crippen LogP contribution in [0.2, 0.25) is 0 Å². The smallest absolute Gasteiger partial charge is 0.220 e. The summed E-state index contributed by atoms with van der Waals surface area (Å²) in [5, 5.41) is 11.5. The molecule has 0 bridgehead atoms. The van der Waals surface area contributed by atoms with Crippen LogP contribution in [0.3, 0.4) is 0 Å². The largest absolute Gasteiger partial charge is 0.494 e. The van der Waals surface area contributed by atoms with E-state index in [4.69, 9.17) is 9.84 Å². The third-order valence-corrected chi connectivity index (χ3v) is 2.49. The van der Waals surface area contributed by atoms with Crippen LogP contribution in [0.25, 0.3) is 0 Å². The molecule has 1 amide bonds. The van der Waals surface area contributed by atoms with Gasteiger partial charge in [-0.05, 0) is 38.0 Å². The van der Waals surface area contributed by atoms with Crippen molar-refractivity contribution in [1.82, 2.24) is 5.32 Å². The van der Waals surface area contributed by atoms with Gasteiger partial charge in [0.25, 0.3) is 0 Å². The molecule has 0 unspecified atom stereocenters. The fraction of sp³-hybridized carbons (Fsp3) is 0.500. The van der Waals surface area contributed by atoms with E-state index in [1.165, 1.54) is 0 Å². The lowest BCUT2D eigenvalue weighted by Gasteiger charge is -2.11. The molecule has 0 aliphatic heterocycles. The van der Waals surface area contributed by atoms with Crippen molar-refractivity contribution in [1.29, 1.82) is 0 Å². The zero-order chi connectivity index (χ0) is 13.4. The van der Waals surface area contributed by atoms with Crippen molar-refractivity contribution in [2.45, 2.75) is 32.7 Å². The van der Waals surface area contributed by atoms with Crippen molar-refractivity contribution in [3.8, 4) is 5.75 Å². The van der Waals surface area contributed by atoms with E-state index < -0.39 is 0 Å². The predicted molar refractivity (Wildman–Crippen MR) is 70.6 cm³/mol. The third kappa shape index (κ3) is 5.68. The highest BCUT2D eigenvalue weighted by molar-refractivity contribution is 5.76. The van der Waals surface area contributed by atoms with Crippen LogP contribution >= 0.6 is 0 Å². The van der Waals surface area contributed by atoms with E-state index in [-0.39, 0.29) is 18.6 Å². The first-order valence-electron chi connectivity index (χ1n) is 6.21. The molecular formula is C14H21NO3. The molecule has 1 aromatic rings. The van der Waals surface area contributed by atoms with Gasteiger partial charge in [-0.15, -0.1) is 0 Å². The summed E-state index contributed by atoms with van der Waals surface area (Å²) >= 11 is 0. The molecule has 18 heavy (non-hydrogen) atoms. The van der Waals surface area contributed by atoms with Crippen molar-refractivity contribution in [3.05, 3.63) is 29.8 Å². The molecule has 0 radical (unpaired) electrons. The minimum Gasteiger partial charge on any atom is -0.494 e.